The second-order valence-corrected chi connectivity index (χ2v) is 11.3. The van der Waals surface area contributed by atoms with E-state index in [2.05, 4.69) is 9.64 Å². The SMILES string of the molecule is COC(=O)c1ccc(CN(CCc2cccc(CN3CCS(=O)(=O)CC3)c2)[SH](=O)=O)c(F)c1. The average Bonchev–Trinajstić information content (AvgIpc) is 2.78. The fraction of sp³-hybridized carbons (Fsp3) is 0.409. The van der Waals surface area contributed by atoms with Crippen LogP contribution >= 0.6 is 0 Å². The van der Waals surface area contributed by atoms with Gasteiger partial charge >= 0.3 is 5.97 Å². The Morgan fingerprint density at radius 2 is 1.82 bits per heavy atom. The first kappa shape index (κ1) is 25.3. The highest BCUT2D eigenvalue weighted by Gasteiger charge is 2.21. The van der Waals surface area contributed by atoms with E-state index in [4.69, 9.17) is 0 Å². The summed E-state index contributed by atoms with van der Waals surface area (Å²) >= 11 is 0. The van der Waals surface area contributed by atoms with Crippen molar-refractivity contribution in [2.45, 2.75) is 19.5 Å². The fourth-order valence-corrected chi connectivity index (χ4v) is 5.45. The van der Waals surface area contributed by atoms with Gasteiger partial charge in [0.1, 0.15) is 5.82 Å². The Bertz CT molecular complexity index is 1160. The van der Waals surface area contributed by atoms with Gasteiger partial charge in [-0.05, 0) is 29.7 Å². The molecule has 1 heterocycles. The lowest BCUT2D eigenvalue weighted by atomic mass is 10.1. The Hall–Kier alpha value is -2.34. The lowest BCUT2D eigenvalue weighted by molar-refractivity contribution is 0.0600. The standard InChI is InChI=1S/C22H27FN2O6S2/c1-31-22(26)19-5-6-20(21(23)14-19)16-25(32(27)28)8-7-17-3-2-4-18(13-17)15-24-9-11-33(29,30)12-10-24/h2-6,13-14,32H,7-12,15-16H2,1H3. The van der Waals surface area contributed by atoms with E-state index in [-0.39, 0.29) is 35.7 Å². The Labute approximate surface area is 195 Å². The predicted octanol–water partition coefficient (Wildman–Crippen LogP) is 1.41. The Kier molecular flexibility index (Phi) is 8.57. The van der Waals surface area contributed by atoms with Gasteiger partial charge in [0, 0.05) is 38.3 Å². The lowest BCUT2D eigenvalue weighted by Gasteiger charge is -2.26. The third-order valence-electron chi connectivity index (χ3n) is 5.55. The number of halogens is 1. The molecule has 1 saturated heterocycles. The summed E-state index contributed by atoms with van der Waals surface area (Å²) in [6, 6.07) is 11.5. The van der Waals surface area contributed by atoms with Crippen LogP contribution in [0.5, 0.6) is 0 Å². The number of thiol groups is 1. The molecule has 33 heavy (non-hydrogen) atoms. The van der Waals surface area contributed by atoms with E-state index in [0.717, 1.165) is 21.5 Å². The van der Waals surface area contributed by atoms with Crippen molar-refractivity contribution in [1.29, 1.82) is 0 Å². The summed E-state index contributed by atoms with van der Waals surface area (Å²) in [5.41, 5.74) is 2.17. The number of nitrogens with zero attached hydrogens (tertiary/aromatic N) is 2. The molecule has 0 atom stereocenters. The predicted molar refractivity (Wildman–Crippen MR) is 123 cm³/mol. The highest BCUT2D eigenvalue weighted by atomic mass is 32.2. The van der Waals surface area contributed by atoms with Crippen LogP contribution in [0.1, 0.15) is 27.0 Å². The molecule has 11 heteroatoms. The van der Waals surface area contributed by atoms with Crippen LogP contribution in [0.4, 0.5) is 4.39 Å². The molecular weight excluding hydrogens is 471 g/mol. The molecule has 0 spiro atoms. The molecular formula is C22H27FN2O6S2. The minimum Gasteiger partial charge on any atom is -0.465 e. The van der Waals surface area contributed by atoms with Crippen molar-refractivity contribution >= 4 is 26.7 Å². The van der Waals surface area contributed by atoms with Crippen LogP contribution in [0.3, 0.4) is 0 Å². The molecule has 0 radical (unpaired) electrons. The first-order valence-electron chi connectivity index (χ1n) is 10.4. The van der Waals surface area contributed by atoms with Crippen molar-refractivity contribution in [2.24, 2.45) is 0 Å². The number of hydrogen-bond acceptors (Lipinski definition) is 7. The van der Waals surface area contributed by atoms with Crippen LogP contribution in [0.2, 0.25) is 0 Å². The number of sulfone groups is 1. The molecule has 8 nitrogen and oxygen atoms in total. The molecule has 0 aromatic heterocycles. The second-order valence-electron chi connectivity index (χ2n) is 7.92. The van der Waals surface area contributed by atoms with E-state index in [1.165, 1.54) is 19.2 Å². The molecule has 0 bridgehead atoms. The van der Waals surface area contributed by atoms with Gasteiger partial charge in [0.25, 0.3) is 0 Å². The van der Waals surface area contributed by atoms with Gasteiger partial charge in [-0.3, -0.25) is 4.90 Å². The van der Waals surface area contributed by atoms with Crippen molar-refractivity contribution in [3.05, 3.63) is 70.5 Å². The number of ether oxygens (including phenoxy) is 1. The molecule has 1 aliphatic heterocycles. The van der Waals surface area contributed by atoms with Crippen LogP contribution in [-0.2, 0) is 45.0 Å². The minimum absolute atomic E-state index is 0.0555. The Morgan fingerprint density at radius 1 is 1.12 bits per heavy atom. The quantitative estimate of drug-likeness (QED) is 0.412. The maximum Gasteiger partial charge on any atom is 0.337 e. The molecule has 3 rings (SSSR count). The maximum absolute atomic E-state index is 14.4. The molecule has 0 N–H and O–H groups in total. The summed E-state index contributed by atoms with van der Waals surface area (Å²) in [7, 11) is -4.68. The number of carbonyl (C=O) groups is 1. The summed E-state index contributed by atoms with van der Waals surface area (Å²) in [6.45, 7) is 1.64. The molecule has 1 aliphatic rings. The topological polar surface area (TPSA) is 101 Å². The molecule has 2 aromatic carbocycles. The zero-order valence-electron chi connectivity index (χ0n) is 18.3. The summed E-state index contributed by atoms with van der Waals surface area (Å²) < 4.78 is 66.8. The van der Waals surface area contributed by atoms with Gasteiger partial charge in [-0.15, -0.1) is 0 Å². The number of hydrogen-bond donors (Lipinski definition) is 1. The van der Waals surface area contributed by atoms with Crippen LogP contribution in [0.15, 0.2) is 42.5 Å². The van der Waals surface area contributed by atoms with Gasteiger partial charge in [-0.25, -0.2) is 26.0 Å². The molecule has 0 saturated carbocycles. The van der Waals surface area contributed by atoms with Crippen molar-refractivity contribution in [2.75, 3.05) is 38.2 Å². The van der Waals surface area contributed by atoms with Gasteiger partial charge in [-0.1, -0.05) is 30.3 Å². The third-order valence-corrected chi connectivity index (χ3v) is 7.96. The first-order chi connectivity index (χ1) is 15.7. The second kappa shape index (κ2) is 11.2. The summed E-state index contributed by atoms with van der Waals surface area (Å²) in [5.74, 6) is -1.02. The monoisotopic (exact) mass is 498 g/mol. The van der Waals surface area contributed by atoms with Gasteiger partial charge in [0.05, 0.1) is 24.2 Å². The number of methoxy groups -OCH3 is 1. The molecule has 0 amide bonds. The van der Waals surface area contributed by atoms with Crippen molar-refractivity contribution in [3.8, 4) is 0 Å². The minimum atomic E-state index is -2.94. The average molecular weight is 499 g/mol. The van der Waals surface area contributed by atoms with E-state index in [0.29, 0.717) is 26.1 Å². The smallest absolute Gasteiger partial charge is 0.337 e. The largest absolute Gasteiger partial charge is 0.465 e. The van der Waals surface area contributed by atoms with Crippen LogP contribution < -0.4 is 0 Å². The molecule has 2 aromatic rings. The molecule has 1 fully saturated rings. The zero-order valence-corrected chi connectivity index (χ0v) is 20.0. The van der Waals surface area contributed by atoms with E-state index in [1.807, 2.05) is 24.3 Å². The number of carbonyl (C=O) groups excluding carboxylic acids is 1. The molecule has 0 unspecified atom stereocenters. The Morgan fingerprint density at radius 3 is 2.45 bits per heavy atom. The van der Waals surface area contributed by atoms with E-state index >= 15 is 0 Å². The number of benzene rings is 2. The van der Waals surface area contributed by atoms with E-state index in [9.17, 15) is 26.0 Å². The zero-order chi connectivity index (χ0) is 24.0. The third kappa shape index (κ3) is 7.32. The van der Waals surface area contributed by atoms with E-state index < -0.39 is 32.5 Å². The lowest BCUT2D eigenvalue weighted by Crippen LogP contribution is -2.39. The van der Waals surface area contributed by atoms with Crippen molar-refractivity contribution < 1.29 is 30.8 Å². The normalized spacial score (nSPS) is 16.2. The highest BCUT2D eigenvalue weighted by Crippen LogP contribution is 2.16. The van der Waals surface area contributed by atoms with Crippen molar-refractivity contribution in [1.82, 2.24) is 9.21 Å². The number of rotatable bonds is 9. The summed E-state index contributed by atoms with van der Waals surface area (Å²) in [5, 5.41) is 0. The van der Waals surface area contributed by atoms with E-state index in [1.54, 1.807) is 0 Å². The van der Waals surface area contributed by atoms with Crippen LogP contribution in [0.25, 0.3) is 0 Å². The van der Waals surface area contributed by atoms with Crippen molar-refractivity contribution in [3.63, 3.8) is 0 Å². The highest BCUT2D eigenvalue weighted by molar-refractivity contribution is 7.91. The van der Waals surface area contributed by atoms with Gasteiger partial charge < -0.3 is 4.74 Å². The molecule has 180 valence electrons. The first-order valence-corrected chi connectivity index (χ1v) is 13.4. The number of esters is 1. The fourth-order valence-electron chi connectivity index (χ4n) is 3.64. The Balaban J connectivity index is 1.61. The van der Waals surface area contributed by atoms with Crippen LogP contribution in [-0.4, -0.2) is 70.3 Å². The molecule has 0 aliphatic carbocycles. The van der Waals surface area contributed by atoms with Gasteiger partial charge in [0.15, 0.2) is 9.84 Å². The van der Waals surface area contributed by atoms with Crippen LogP contribution in [0, 0.1) is 5.82 Å². The summed E-state index contributed by atoms with van der Waals surface area (Å²) in [6.07, 6.45) is 0.438. The maximum atomic E-state index is 14.4. The summed E-state index contributed by atoms with van der Waals surface area (Å²) in [4.78, 5) is 13.6. The van der Waals surface area contributed by atoms with Gasteiger partial charge in [0.2, 0.25) is 10.9 Å². The van der Waals surface area contributed by atoms with Gasteiger partial charge in [-0.2, -0.15) is 4.31 Å².